The standard InChI is InChI=1S/C20H19N3O2S/c1-15-11-23-19(24)10-17(21-20(23)26-15)13-22(14-18-8-5-9-25-18)12-16-6-3-2-4-7-16/h2-11H,12-14H2,1H3. The van der Waals surface area contributed by atoms with Gasteiger partial charge in [0, 0.05) is 30.2 Å². The first-order valence-corrected chi connectivity index (χ1v) is 9.26. The van der Waals surface area contributed by atoms with E-state index in [1.807, 2.05) is 43.5 Å². The summed E-state index contributed by atoms with van der Waals surface area (Å²) < 4.78 is 7.12. The van der Waals surface area contributed by atoms with Gasteiger partial charge in [-0.3, -0.25) is 14.1 Å². The maximum atomic E-state index is 12.4. The largest absolute Gasteiger partial charge is 0.468 e. The fourth-order valence-electron chi connectivity index (χ4n) is 3.00. The highest BCUT2D eigenvalue weighted by molar-refractivity contribution is 7.16. The van der Waals surface area contributed by atoms with E-state index in [0.29, 0.717) is 13.1 Å². The second-order valence-electron chi connectivity index (χ2n) is 6.29. The second-order valence-corrected chi connectivity index (χ2v) is 7.50. The van der Waals surface area contributed by atoms with Crippen molar-refractivity contribution >= 4 is 16.3 Å². The molecule has 4 aromatic rings. The average molecular weight is 365 g/mol. The predicted octanol–water partition coefficient (Wildman–Crippen LogP) is 3.86. The van der Waals surface area contributed by atoms with Gasteiger partial charge >= 0.3 is 0 Å². The smallest absolute Gasteiger partial charge is 0.258 e. The van der Waals surface area contributed by atoms with E-state index in [2.05, 4.69) is 22.0 Å². The van der Waals surface area contributed by atoms with Crippen molar-refractivity contribution < 1.29 is 4.42 Å². The minimum absolute atomic E-state index is 0.0352. The Kier molecular flexibility index (Phi) is 4.69. The molecule has 0 amide bonds. The molecule has 0 spiro atoms. The molecule has 0 aliphatic rings. The third-order valence-electron chi connectivity index (χ3n) is 4.13. The molecule has 1 aromatic carbocycles. The Morgan fingerprint density at radius 3 is 2.73 bits per heavy atom. The quantitative estimate of drug-likeness (QED) is 0.521. The van der Waals surface area contributed by atoms with Crippen molar-refractivity contribution in [2.45, 2.75) is 26.6 Å². The highest BCUT2D eigenvalue weighted by Crippen LogP contribution is 2.16. The highest BCUT2D eigenvalue weighted by Gasteiger charge is 2.13. The molecule has 0 bridgehead atoms. The van der Waals surface area contributed by atoms with Crippen molar-refractivity contribution in [3.8, 4) is 0 Å². The predicted molar refractivity (Wildman–Crippen MR) is 102 cm³/mol. The van der Waals surface area contributed by atoms with Crippen LogP contribution in [0.15, 0.2) is 70.2 Å². The van der Waals surface area contributed by atoms with Crippen LogP contribution in [0.1, 0.15) is 21.9 Å². The molecule has 0 atom stereocenters. The first-order chi connectivity index (χ1) is 12.7. The van der Waals surface area contributed by atoms with Crippen LogP contribution in [0.5, 0.6) is 0 Å². The van der Waals surface area contributed by atoms with E-state index in [1.54, 1.807) is 16.7 Å². The van der Waals surface area contributed by atoms with Crippen LogP contribution in [0.3, 0.4) is 0 Å². The fraction of sp³-hybridized carbons (Fsp3) is 0.200. The SMILES string of the molecule is Cc1cn2c(=O)cc(CN(Cc3ccccc3)Cc3ccco3)nc2s1. The molecule has 132 valence electrons. The normalized spacial score (nSPS) is 11.5. The molecule has 0 radical (unpaired) electrons. The van der Waals surface area contributed by atoms with E-state index in [9.17, 15) is 4.79 Å². The van der Waals surface area contributed by atoms with Gasteiger partial charge in [0.1, 0.15) is 5.76 Å². The minimum atomic E-state index is -0.0352. The molecular formula is C20H19N3O2S. The fourth-order valence-corrected chi connectivity index (χ4v) is 3.85. The molecule has 0 saturated heterocycles. The van der Waals surface area contributed by atoms with Crippen LogP contribution in [-0.2, 0) is 19.6 Å². The van der Waals surface area contributed by atoms with Crippen molar-refractivity contribution in [1.29, 1.82) is 0 Å². The number of benzene rings is 1. The molecule has 3 aromatic heterocycles. The maximum absolute atomic E-state index is 12.4. The lowest BCUT2D eigenvalue weighted by molar-refractivity contribution is 0.224. The van der Waals surface area contributed by atoms with Crippen molar-refractivity contribution in [3.05, 3.63) is 93.2 Å². The van der Waals surface area contributed by atoms with Crippen LogP contribution >= 0.6 is 11.3 Å². The van der Waals surface area contributed by atoms with E-state index >= 15 is 0 Å². The van der Waals surface area contributed by atoms with Crippen molar-refractivity contribution in [3.63, 3.8) is 0 Å². The van der Waals surface area contributed by atoms with Crippen LogP contribution in [-0.4, -0.2) is 14.3 Å². The summed E-state index contributed by atoms with van der Waals surface area (Å²) in [5, 5.41) is 0. The monoisotopic (exact) mass is 365 g/mol. The summed E-state index contributed by atoms with van der Waals surface area (Å²) in [5.74, 6) is 0.894. The van der Waals surface area contributed by atoms with Gasteiger partial charge in [0.05, 0.1) is 18.5 Å². The topological polar surface area (TPSA) is 50.8 Å². The van der Waals surface area contributed by atoms with Crippen LogP contribution < -0.4 is 5.56 Å². The molecule has 26 heavy (non-hydrogen) atoms. The molecule has 0 saturated carbocycles. The van der Waals surface area contributed by atoms with Crippen LogP contribution in [0.2, 0.25) is 0 Å². The lowest BCUT2D eigenvalue weighted by atomic mass is 10.2. The molecule has 4 rings (SSSR count). The Balaban J connectivity index is 1.62. The number of thiazole rings is 1. The summed E-state index contributed by atoms with van der Waals surface area (Å²) in [4.78, 5) is 21.1. The third kappa shape index (κ3) is 3.76. The summed E-state index contributed by atoms with van der Waals surface area (Å²) in [7, 11) is 0. The van der Waals surface area contributed by atoms with Crippen molar-refractivity contribution in [1.82, 2.24) is 14.3 Å². The first kappa shape index (κ1) is 16.8. The van der Waals surface area contributed by atoms with Crippen molar-refractivity contribution in [2.75, 3.05) is 0 Å². The van der Waals surface area contributed by atoms with Gasteiger partial charge in [0.15, 0.2) is 4.96 Å². The molecule has 0 aliphatic carbocycles. The lowest BCUT2D eigenvalue weighted by Crippen LogP contribution is -2.24. The van der Waals surface area contributed by atoms with Gasteiger partial charge in [-0.15, -0.1) is 11.3 Å². The summed E-state index contributed by atoms with van der Waals surface area (Å²) >= 11 is 1.53. The average Bonchev–Trinajstić information content (AvgIpc) is 3.25. The van der Waals surface area contributed by atoms with Gasteiger partial charge in [0.2, 0.25) is 0 Å². The van der Waals surface area contributed by atoms with E-state index in [-0.39, 0.29) is 5.56 Å². The Morgan fingerprint density at radius 1 is 1.12 bits per heavy atom. The van der Waals surface area contributed by atoms with Crippen LogP contribution in [0, 0.1) is 6.92 Å². The number of hydrogen-bond acceptors (Lipinski definition) is 5. The molecule has 5 nitrogen and oxygen atoms in total. The van der Waals surface area contributed by atoms with Gasteiger partial charge in [-0.25, -0.2) is 4.98 Å². The molecule has 3 heterocycles. The zero-order valence-corrected chi connectivity index (χ0v) is 15.3. The van der Waals surface area contributed by atoms with Crippen LogP contribution in [0.4, 0.5) is 0 Å². The van der Waals surface area contributed by atoms with Gasteiger partial charge in [-0.05, 0) is 24.6 Å². The Morgan fingerprint density at radius 2 is 1.96 bits per heavy atom. The summed E-state index contributed by atoms with van der Waals surface area (Å²) in [6, 6.07) is 15.8. The molecule has 6 heteroatoms. The Hall–Kier alpha value is -2.70. The van der Waals surface area contributed by atoms with E-state index in [1.165, 1.54) is 16.9 Å². The Bertz CT molecular complexity index is 1050. The minimum Gasteiger partial charge on any atom is -0.468 e. The number of aromatic nitrogens is 2. The van der Waals surface area contributed by atoms with E-state index in [4.69, 9.17) is 4.42 Å². The molecule has 0 unspecified atom stereocenters. The van der Waals surface area contributed by atoms with Gasteiger partial charge in [-0.2, -0.15) is 0 Å². The van der Waals surface area contributed by atoms with Gasteiger partial charge in [0.25, 0.3) is 5.56 Å². The van der Waals surface area contributed by atoms with Crippen molar-refractivity contribution in [2.24, 2.45) is 0 Å². The number of fused-ring (bicyclic) bond motifs is 1. The summed E-state index contributed by atoms with van der Waals surface area (Å²) in [6.07, 6.45) is 3.52. The van der Waals surface area contributed by atoms with Gasteiger partial charge < -0.3 is 4.42 Å². The number of aryl methyl sites for hydroxylation is 1. The summed E-state index contributed by atoms with van der Waals surface area (Å²) in [5.41, 5.74) is 1.95. The zero-order chi connectivity index (χ0) is 17.9. The number of furan rings is 1. The van der Waals surface area contributed by atoms with E-state index in [0.717, 1.165) is 27.8 Å². The lowest BCUT2D eigenvalue weighted by Gasteiger charge is -2.21. The molecule has 0 N–H and O–H groups in total. The molecule has 0 aliphatic heterocycles. The molecular weight excluding hydrogens is 346 g/mol. The number of rotatable bonds is 6. The van der Waals surface area contributed by atoms with E-state index < -0.39 is 0 Å². The maximum Gasteiger partial charge on any atom is 0.258 e. The highest BCUT2D eigenvalue weighted by atomic mass is 32.1. The number of hydrogen-bond donors (Lipinski definition) is 0. The third-order valence-corrected chi connectivity index (χ3v) is 5.03. The first-order valence-electron chi connectivity index (χ1n) is 8.45. The summed E-state index contributed by atoms with van der Waals surface area (Å²) in [6.45, 7) is 3.98. The van der Waals surface area contributed by atoms with Crippen LogP contribution in [0.25, 0.3) is 4.96 Å². The number of nitrogens with zero attached hydrogens (tertiary/aromatic N) is 3. The second kappa shape index (κ2) is 7.27. The zero-order valence-electron chi connectivity index (χ0n) is 14.5. The molecule has 0 fully saturated rings. The Labute approximate surface area is 155 Å². The van der Waals surface area contributed by atoms with Gasteiger partial charge in [-0.1, -0.05) is 30.3 Å².